The van der Waals surface area contributed by atoms with Gasteiger partial charge in [-0.25, -0.2) is 0 Å². The van der Waals surface area contributed by atoms with Gasteiger partial charge in [-0.05, 0) is 141 Å². The van der Waals surface area contributed by atoms with Crippen LogP contribution in [0.4, 0.5) is 0 Å². The average molecular weight is 1180 g/mol. The van der Waals surface area contributed by atoms with Crippen LogP contribution in [0.3, 0.4) is 0 Å². The Labute approximate surface area is 523 Å². The zero-order valence-electron chi connectivity index (χ0n) is 48.2. The van der Waals surface area contributed by atoms with Gasteiger partial charge in [0.25, 0.3) is 0 Å². The van der Waals surface area contributed by atoms with E-state index in [2.05, 4.69) is 294 Å². The van der Waals surface area contributed by atoms with Crippen molar-refractivity contribution < 1.29 is 8.83 Å². The number of benzene rings is 14. The van der Waals surface area contributed by atoms with E-state index in [9.17, 15) is 0 Å². The fraction of sp³-hybridized carbons (Fsp3) is 0. The van der Waals surface area contributed by atoms with Crippen molar-refractivity contribution in [2.24, 2.45) is 0 Å². The zero-order valence-corrected chi connectivity index (χ0v) is 49.9. The summed E-state index contributed by atoms with van der Waals surface area (Å²) >= 11 is 3.73. The molecule has 0 aliphatic carbocycles. The molecule has 90 heavy (non-hydrogen) atoms. The number of fused-ring (bicyclic) bond motifs is 20. The van der Waals surface area contributed by atoms with E-state index in [1.807, 2.05) is 28.7 Å². The van der Waals surface area contributed by atoms with Gasteiger partial charge in [-0.15, -0.1) is 22.7 Å². The minimum atomic E-state index is 0.881. The molecule has 0 amide bonds. The fourth-order valence-electron chi connectivity index (χ4n) is 14.8. The molecule has 0 aliphatic rings. The Morgan fingerprint density at radius 3 is 1.34 bits per heavy atom. The molecule has 0 bridgehead atoms. The van der Waals surface area contributed by atoms with Crippen molar-refractivity contribution in [1.29, 1.82) is 0 Å². The minimum Gasteiger partial charge on any atom is -0.454 e. The van der Waals surface area contributed by atoms with E-state index in [4.69, 9.17) is 8.83 Å². The van der Waals surface area contributed by atoms with Gasteiger partial charge in [0.1, 0.15) is 11.2 Å². The van der Waals surface area contributed by atoms with Crippen LogP contribution in [-0.2, 0) is 0 Å². The van der Waals surface area contributed by atoms with Crippen molar-refractivity contribution in [2.75, 3.05) is 0 Å². The number of hydrogen-bond donors (Lipinski definition) is 0. The van der Waals surface area contributed by atoms with E-state index < -0.39 is 0 Å². The van der Waals surface area contributed by atoms with E-state index in [0.717, 1.165) is 77.3 Å². The van der Waals surface area contributed by atoms with Crippen LogP contribution in [0.1, 0.15) is 0 Å². The highest BCUT2D eigenvalue weighted by molar-refractivity contribution is 7.26. The molecule has 0 spiro atoms. The molecule has 6 heteroatoms. The van der Waals surface area contributed by atoms with Crippen LogP contribution < -0.4 is 0 Å². The van der Waals surface area contributed by atoms with Gasteiger partial charge in [0.15, 0.2) is 11.2 Å². The summed E-state index contributed by atoms with van der Waals surface area (Å²) in [6, 6.07) is 107. The number of nitrogens with zero attached hydrogens (tertiary/aromatic N) is 2. The lowest BCUT2D eigenvalue weighted by molar-refractivity contribution is 0.670. The maximum absolute atomic E-state index is 6.96. The molecule has 0 fully saturated rings. The van der Waals surface area contributed by atoms with Gasteiger partial charge >= 0.3 is 0 Å². The largest absolute Gasteiger partial charge is 0.454 e. The molecule has 6 aromatic heterocycles. The van der Waals surface area contributed by atoms with Gasteiger partial charge in [0.2, 0.25) is 0 Å². The predicted molar refractivity (Wildman–Crippen MR) is 383 cm³/mol. The molecule has 0 saturated carbocycles. The van der Waals surface area contributed by atoms with Crippen molar-refractivity contribution in [3.8, 4) is 67.0 Å². The van der Waals surface area contributed by atoms with Gasteiger partial charge in [-0.2, -0.15) is 0 Å². The lowest BCUT2D eigenvalue weighted by Crippen LogP contribution is -1.94. The van der Waals surface area contributed by atoms with Crippen molar-refractivity contribution >= 4 is 151 Å². The summed E-state index contributed by atoms with van der Waals surface area (Å²) in [6.07, 6.45) is 0. The topological polar surface area (TPSA) is 36.1 Å². The Kier molecular flexibility index (Phi) is 10.6. The standard InChI is InChI=1S/C84H48N2O2S2/c1-6-18-71-60(12-1)65-44-45-66-61-13-3-8-20-73(61)87-83(66)81(65)85(71)57-38-32-51(33-39-57)49-24-26-53(27-25-49)55-36-42-63-64-43-37-56(47-78(64)90-77(63)46-55)69-48-70-62-14-4-9-21-74(62)88-84(70)82-80(69)67-15-2-7-19-72(67)86(82)58-40-34-52(35-41-58)50-28-30-54(31-29-50)59-17-11-23-76-79(59)68-16-5-10-22-75(68)89-76/h1-48H. The second-order valence-electron chi connectivity index (χ2n) is 23.8. The van der Waals surface area contributed by atoms with Crippen molar-refractivity contribution in [2.45, 2.75) is 0 Å². The van der Waals surface area contributed by atoms with Gasteiger partial charge in [-0.3, -0.25) is 0 Å². The number of rotatable bonds is 7. The van der Waals surface area contributed by atoms with E-state index in [1.54, 1.807) is 0 Å². The summed E-state index contributed by atoms with van der Waals surface area (Å²) in [5.41, 5.74) is 22.2. The van der Waals surface area contributed by atoms with Gasteiger partial charge in [-0.1, -0.05) is 206 Å². The SMILES string of the molecule is c1ccc2c(c1)oc1c2ccc2c3ccccc3n(-c3ccc(-c4ccc(-c5ccc6c(c5)sc5cc(-c7cc8c9ccccc9oc8c8c7c7ccccc7n8-c7ccc(-c8ccc(-c9cccc%10sc%11ccccc%11c9%10)cc8)cc7)ccc56)cc4)cc3)c21. The molecule has 0 aliphatic heterocycles. The van der Waals surface area contributed by atoms with Gasteiger partial charge in [0.05, 0.1) is 22.1 Å². The number of hydrogen-bond acceptors (Lipinski definition) is 4. The maximum atomic E-state index is 6.96. The Bertz CT molecular complexity index is 6370. The lowest BCUT2D eigenvalue weighted by Gasteiger charge is -2.11. The lowest BCUT2D eigenvalue weighted by atomic mass is 9.96. The van der Waals surface area contributed by atoms with Crippen LogP contribution >= 0.6 is 22.7 Å². The molecule has 0 atom stereocenters. The van der Waals surface area contributed by atoms with Crippen molar-refractivity contribution in [3.05, 3.63) is 291 Å². The van der Waals surface area contributed by atoms with Crippen LogP contribution in [0.25, 0.3) is 195 Å². The first kappa shape index (κ1) is 49.8. The zero-order chi connectivity index (χ0) is 58.7. The quantitative estimate of drug-likeness (QED) is 0.159. The molecular formula is C84H48N2O2S2. The van der Waals surface area contributed by atoms with Gasteiger partial charge in [0, 0.05) is 94.8 Å². The van der Waals surface area contributed by atoms with Crippen LogP contribution in [-0.4, -0.2) is 9.13 Å². The number of thiophene rings is 2. The van der Waals surface area contributed by atoms with Crippen molar-refractivity contribution in [3.63, 3.8) is 0 Å². The third-order valence-corrected chi connectivity index (χ3v) is 21.2. The van der Waals surface area contributed by atoms with Crippen LogP contribution in [0.5, 0.6) is 0 Å². The smallest absolute Gasteiger partial charge is 0.160 e. The molecule has 20 aromatic rings. The Balaban J connectivity index is 0.639. The van der Waals surface area contributed by atoms with E-state index in [-0.39, 0.29) is 0 Å². The average Bonchev–Trinajstić information content (AvgIpc) is 1.57. The number of para-hydroxylation sites is 4. The highest BCUT2D eigenvalue weighted by Gasteiger charge is 2.25. The first-order valence-corrected chi connectivity index (χ1v) is 32.2. The normalized spacial score (nSPS) is 12.2. The summed E-state index contributed by atoms with van der Waals surface area (Å²) < 4.78 is 23.5. The molecule has 20 rings (SSSR count). The second-order valence-corrected chi connectivity index (χ2v) is 26.0. The second kappa shape index (κ2) is 19.1. The summed E-state index contributed by atoms with van der Waals surface area (Å²) in [7, 11) is 0. The van der Waals surface area contributed by atoms with Crippen LogP contribution in [0, 0.1) is 0 Å². The van der Waals surface area contributed by atoms with Gasteiger partial charge < -0.3 is 18.0 Å². The third kappa shape index (κ3) is 7.34. The molecule has 4 nitrogen and oxygen atoms in total. The number of aromatic nitrogens is 2. The molecular weight excluding hydrogens is 1130 g/mol. The molecule has 0 saturated heterocycles. The molecule has 14 aromatic carbocycles. The van der Waals surface area contributed by atoms with Crippen LogP contribution in [0.2, 0.25) is 0 Å². The van der Waals surface area contributed by atoms with E-state index in [0.29, 0.717) is 0 Å². The van der Waals surface area contributed by atoms with Crippen LogP contribution in [0.15, 0.2) is 300 Å². The Hall–Kier alpha value is -11.3. The fourth-order valence-corrected chi connectivity index (χ4v) is 17.1. The van der Waals surface area contributed by atoms with Crippen molar-refractivity contribution in [1.82, 2.24) is 9.13 Å². The van der Waals surface area contributed by atoms with E-state index >= 15 is 0 Å². The minimum absolute atomic E-state index is 0.881. The highest BCUT2D eigenvalue weighted by Crippen LogP contribution is 2.49. The maximum Gasteiger partial charge on any atom is 0.160 e. The first-order valence-electron chi connectivity index (χ1n) is 30.6. The summed E-state index contributed by atoms with van der Waals surface area (Å²) in [5.74, 6) is 0. The summed E-state index contributed by atoms with van der Waals surface area (Å²) in [5, 5.41) is 14.4. The highest BCUT2D eigenvalue weighted by atomic mass is 32.1. The molecule has 0 unspecified atom stereocenters. The summed E-state index contributed by atoms with van der Waals surface area (Å²) in [6.45, 7) is 0. The molecule has 0 radical (unpaired) electrons. The first-order chi connectivity index (χ1) is 44.6. The Morgan fingerprint density at radius 1 is 0.233 bits per heavy atom. The monoisotopic (exact) mass is 1180 g/mol. The molecule has 6 heterocycles. The molecule has 0 N–H and O–H groups in total. The third-order valence-electron chi connectivity index (χ3n) is 19.0. The van der Waals surface area contributed by atoms with E-state index in [1.165, 1.54) is 118 Å². The number of furan rings is 2. The predicted octanol–water partition coefficient (Wildman–Crippen LogP) is 24.8. The summed E-state index contributed by atoms with van der Waals surface area (Å²) in [4.78, 5) is 0. The Morgan fingerprint density at radius 2 is 0.678 bits per heavy atom. The molecule has 418 valence electrons.